The van der Waals surface area contributed by atoms with E-state index < -0.39 is 0 Å². The highest BCUT2D eigenvalue weighted by Crippen LogP contribution is 2.20. The standard InChI is InChI=1S/C14H21N5OS/c1-10-7-13(20)19-14(16-10)21-12(17-19)9-18-5-3-11(4-6-18)8-15-2/h7,11,15H,3-6,8-9H2,1-2H3. The van der Waals surface area contributed by atoms with Gasteiger partial charge >= 0.3 is 0 Å². The van der Waals surface area contributed by atoms with Gasteiger partial charge in [-0.25, -0.2) is 4.98 Å². The molecule has 1 aliphatic rings. The van der Waals surface area contributed by atoms with E-state index in [-0.39, 0.29) is 5.56 Å². The van der Waals surface area contributed by atoms with Crippen molar-refractivity contribution in [2.24, 2.45) is 5.92 Å². The van der Waals surface area contributed by atoms with Crippen LogP contribution in [-0.2, 0) is 6.54 Å². The van der Waals surface area contributed by atoms with Crippen molar-refractivity contribution in [2.75, 3.05) is 26.7 Å². The van der Waals surface area contributed by atoms with E-state index in [4.69, 9.17) is 0 Å². The second-order valence-corrected chi connectivity index (χ2v) is 6.74. The van der Waals surface area contributed by atoms with Crippen LogP contribution in [0.25, 0.3) is 4.96 Å². The fourth-order valence-corrected chi connectivity index (χ4v) is 3.84. The van der Waals surface area contributed by atoms with E-state index in [0.717, 1.165) is 42.8 Å². The Morgan fingerprint density at radius 2 is 2.19 bits per heavy atom. The van der Waals surface area contributed by atoms with Crippen LogP contribution in [0.4, 0.5) is 0 Å². The number of likely N-dealkylation sites (tertiary alicyclic amines) is 1. The van der Waals surface area contributed by atoms with Crippen LogP contribution in [0.5, 0.6) is 0 Å². The van der Waals surface area contributed by atoms with Crippen LogP contribution in [0.15, 0.2) is 10.9 Å². The number of rotatable bonds is 4. The fraction of sp³-hybridized carbons (Fsp3) is 0.643. The van der Waals surface area contributed by atoms with Crippen molar-refractivity contribution >= 4 is 16.3 Å². The van der Waals surface area contributed by atoms with Crippen molar-refractivity contribution in [2.45, 2.75) is 26.3 Å². The van der Waals surface area contributed by atoms with E-state index in [0.29, 0.717) is 4.96 Å². The highest BCUT2D eigenvalue weighted by Gasteiger charge is 2.20. The van der Waals surface area contributed by atoms with Gasteiger partial charge in [-0.1, -0.05) is 11.3 Å². The van der Waals surface area contributed by atoms with E-state index in [1.165, 1.54) is 34.8 Å². The summed E-state index contributed by atoms with van der Waals surface area (Å²) >= 11 is 1.52. The maximum Gasteiger partial charge on any atom is 0.275 e. The highest BCUT2D eigenvalue weighted by molar-refractivity contribution is 7.16. The quantitative estimate of drug-likeness (QED) is 0.909. The van der Waals surface area contributed by atoms with Gasteiger partial charge in [0, 0.05) is 11.8 Å². The van der Waals surface area contributed by atoms with Gasteiger partial charge in [-0.15, -0.1) is 0 Å². The van der Waals surface area contributed by atoms with E-state index >= 15 is 0 Å². The van der Waals surface area contributed by atoms with E-state index in [1.54, 1.807) is 0 Å². The third kappa shape index (κ3) is 3.30. The molecule has 0 unspecified atom stereocenters. The molecule has 0 amide bonds. The monoisotopic (exact) mass is 307 g/mol. The Kier molecular flexibility index (Phi) is 4.32. The molecular formula is C14H21N5OS. The zero-order chi connectivity index (χ0) is 14.8. The number of aromatic nitrogens is 3. The van der Waals surface area contributed by atoms with Crippen LogP contribution in [0.1, 0.15) is 23.5 Å². The lowest BCUT2D eigenvalue weighted by Gasteiger charge is -2.31. The van der Waals surface area contributed by atoms with Crippen molar-refractivity contribution in [3.05, 3.63) is 27.1 Å². The molecule has 0 atom stereocenters. The lowest BCUT2D eigenvalue weighted by atomic mass is 9.97. The first-order chi connectivity index (χ1) is 10.2. The van der Waals surface area contributed by atoms with Crippen molar-refractivity contribution in [3.63, 3.8) is 0 Å². The van der Waals surface area contributed by atoms with Crippen molar-refractivity contribution in [1.29, 1.82) is 0 Å². The molecule has 1 aliphatic heterocycles. The predicted molar refractivity (Wildman–Crippen MR) is 83.8 cm³/mol. The van der Waals surface area contributed by atoms with Gasteiger partial charge < -0.3 is 5.32 Å². The van der Waals surface area contributed by atoms with Gasteiger partial charge in [-0.05, 0) is 52.4 Å². The smallest absolute Gasteiger partial charge is 0.275 e. The normalized spacial score (nSPS) is 17.6. The van der Waals surface area contributed by atoms with E-state index in [2.05, 4.69) is 20.3 Å². The second kappa shape index (κ2) is 6.21. The minimum Gasteiger partial charge on any atom is -0.319 e. The molecule has 0 aromatic carbocycles. The predicted octanol–water partition coefficient (Wildman–Crippen LogP) is 0.891. The summed E-state index contributed by atoms with van der Waals surface area (Å²) < 4.78 is 1.42. The number of hydrogen-bond acceptors (Lipinski definition) is 6. The largest absolute Gasteiger partial charge is 0.319 e. The average Bonchev–Trinajstić information content (AvgIpc) is 2.84. The van der Waals surface area contributed by atoms with Gasteiger partial charge in [0.15, 0.2) is 0 Å². The Bertz CT molecular complexity index is 672. The van der Waals surface area contributed by atoms with Crippen LogP contribution in [0.2, 0.25) is 0 Å². The van der Waals surface area contributed by atoms with Gasteiger partial charge in [0.2, 0.25) is 4.96 Å². The van der Waals surface area contributed by atoms with Gasteiger partial charge in [-0.3, -0.25) is 9.69 Å². The van der Waals surface area contributed by atoms with Gasteiger partial charge in [0.25, 0.3) is 5.56 Å². The molecule has 0 aliphatic carbocycles. The molecule has 6 nitrogen and oxygen atoms in total. The molecule has 1 saturated heterocycles. The van der Waals surface area contributed by atoms with Crippen molar-refractivity contribution in [1.82, 2.24) is 24.8 Å². The third-order valence-corrected chi connectivity index (χ3v) is 4.87. The molecule has 3 heterocycles. The summed E-state index contributed by atoms with van der Waals surface area (Å²) in [6.07, 6.45) is 2.45. The second-order valence-electron chi connectivity index (χ2n) is 5.70. The fourth-order valence-electron chi connectivity index (χ4n) is 2.85. The number of nitrogens with one attached hydrogen (secondary N) is 1. The first-order valence-corrected chi connectivity index (χ1v) is 8.20. The molecule has 7 heteroatoms. The lowest BCUT2D eigenvalue weighted by Crippen LogP contribution is -2.36. The zero-order valence-corrected chi connectivity index (χ0v) is 13.3. The first-order valence-electron chi connectivity index (χ1n) is 7.39. The molecule has 21 heavy (non-hydrogen) atoms. The number of hydrogen-bond donors (Lipinski definition) is 1. The third-order valence-electron chi connectivity index (χ3n) is 3.97. The number of fused-ring (bicyclic) bond motifs is 1. The van der Waals surface area contributed by atoms with E-state index in [1.807, 2.05) is 14.0 Å². The van der Waals surface area contributed by atoms with Gasteiger partial charge in [-0.2, -0.15) is 9.61 Å². The molecule has 1 N–H and O–H groups in total. The molecule has 0 spiro atoms. The number of nitrogens with zero attached hydrogens (tertiary/aromatic N) is 4. The summed E-state index contributed by atoms with van der Waals surface area (Å²) in [7, 11) is 2.01. The summed E-state index contributed by atoms with van der Waals surface area (Å²) in [4.78, 5) is 19.4. The number of piperidine rings is 1. The van der Waals surface area contributed by atoms with Crippen LogP contribution >= 0.6 is 11.3 Å². The summed E-state index contributed by atoms with van der Waals surface area (Å²) in [5.74, 6) is 0.786. The average molecular weight is 307 g/mol. The summed E-state index contributed by atoms with van der Waals surface area (Å²) in [5, 5.41) is 8.63. The lowest BCUT2D eigenvalue weighted by molar-refractivity contribution is 0.176. The molecule has 0 saturated carbocycles. The maximum absolute atomic E-state index is 11.9. The Morgan fingerprint density at radius 1 is 1.43 bits per heavy atom. The Balaban J connectivity index is 1.69. The molecular weight excluding hydrogens is 286 g/mol. The summed E-state index contributed by atoms with van der Waals surface area (Å²) in [5.41, 5.74) is 0.663. The molecule has 2 aromatic heterocycles. The Morgan fingerprint density at radius 3 is 2.90 bits per heavy atom. The van der Waals surface area contributed by atoms with E-state index in [9.17, 15) is 4.79 Å². The molecule has 1 fully saturated rings. The SMILES string of the molecule is CNCC1CCN(Cc2nn3c(=O)cc(C)nc3s2)CC1. The minimum atomic E-state index is -0.0901. The molecule has 2 aromatic rings. The van der Waals surface area contributed by atoms with Crippen LogP contribution < -0.4 is 10.9 Å². The minimum absolute atomic E-state index is 0.0901. The van der Waals surface area contributed by atoms with Crippen molar-refractivity contribution in [3.8, 4) is 0 Å². The van der Waals surface area contributed by atoms with Crippen LogP contribution in [0.3, 0.4) is 0 Å². The summed E-state index contributed by atoms with van der Waals surface area (Å²) in [6, 6.07) is 1.53. The van der Waals surface area contributed by atoms with Gasteiger partial charge in [0.05, 0.1) is 6.54 Å². The van der Waals surface area contributed by atoms with Crippen LogP contribution in [-0.4, -0.2) is 46.2 Å². The molecule has 0 radical (unpaired) electrons. The summed E-state index contributed by atoms with van der Waals surface area (Å²) in [6.45, 7) is 5.97. The molecule has 3 rings (SSSR count). The molecule has 0 bridgehead atoms. The van der Waals surface area contributed by atoms with Crippen LogP contribution in [0, 0.1) is 12.8 Å². The topological polar surface area (TPSA) is 62.5 Å². The molecule has 114 valence electrons. The highest BCUT2D eigenvalue weighted by atomic mass is 32.1. The van der Waals surface area contributed by atoms with Crippen molar-refractivity contribution < 1.29 is 0 Å². The first kappa shape index (κ1) is 14.6. The maximum atomic E-state index is 11.9. The zero-order valence-electron chi connectivity index (χ0n) is 12.5. The number of aryl methyl sites for hydroxylation is 1. The Labute approximate surface area is 127 Å². The van der Waals surface area contributed by atoms with Gasteiger partial charge in [0.1, 0.15) is 5.01 Å². The Hall–Kier alpha value is -1.31.